The van der Waals surface area contributed by atoms with Crippen LogP contribution in [0.2, 0.25) is 5.02 Å². The number of carbonyl (C=O) groups is 1. The van der Waals surface area contributed by atoms with Gasteiger partial charge in [-0.05, 0) is 30.3 Å². The van der Waals surface area contributed by atoms with Crippen molar-refractivity contribution >= 4 is 23.2 Å². The van der Waals surface area contributed by atoms with Gasteiger partial charge in [0.1, 0.15) is 0 Å². The number of halogens is 5. The summed E-state index contributed by atoms with van der Waals surface area (Å²) < 4.78 is 51.1. The molecule has 0 bridgehead atoms. The fraction of sp³-hybridized carbons (Fsp3) is 0.0769. The van der Waals surface area contributed by atoms with Crippen LogP contribution in [0, 0.1) is 5.95 Å². The molecule has 110 valence electrons. The maximum Gasteiger partial charge on any atom is 0.416 e. The van der Waals surface area contributed by atoms with Crippen LogP contribution in [0.25, 0.3) is 0 Å². The van der Waals surface area contributed by atoms with E-state index in [4.69, 9.17) is 11.6 Å². The molecule has 2 rings (SSSR count). The first-order valence-electron chi connectivity index (χ1n) is 5.57. The molecule has 0 aliphatic carbocycles. The molecule has 0 atom stereocenters. The smallest absolute Gasteiger partial charge is 0.320 e. The van der Waals surface area contributed by atoms with E-state index in [0.29, 0.717) is 6.07 Å². The van der Waals surface area contributed by atoms with Gasteiger partial charge in [-0.2, -0.15) is 17.6 Å². The van der Waals surface area contributed by atoms with E-state index in [2.05, 4.69) is 10.3 Å². The average Bonchev–Trinajstić information content (AvgIpc) is 2.40. The van der Waals surface area contributed by atoms with E-state index in [0.717, 1.165) is 24.4 Å². The summed E-state index contributed by atoms with van der Waals surface area (Å²) in [5.74, 6) is -1.97. The largest absolute Gasteiger partial charge is 0.416 e. The first-order valence-corrected chi connectivity index (χ1v) is 5.95. The highest BCUT2D eigenvalue weighted by atomic mass is 35.5. The number of amides is 1. The molecule has 1 amide bonds. The Balaban J connectivity index is 2.31. The number of benzene rings is 1. The minimum atomic E-state index is -4.58. The van der Waals surface area contributed by atoms with Gasteiger partial charge < -0.3 is 5.32 Å². The average molecular weight is 319 g/mol. The van der Waals surface area contributed by atoms with Gasteiger partial charge in [0.25, 0.3) is 5.91 Å². The highest BCUT2D eigenvalue weighted by Gasteiger charge is 2.31. The third-order valence-corrected chi connectivity index (χ3v) is 2.88. The molecule has 0 saturated heterocycles. The Bertz CT molecular complexity index is 688. The first kappa shape index (κ1) is 15.2. The van der Waals surface area contributed by atoms with Crippen molar-refractivity contribution in [2.24, 2.45) is 0 Å². The molecule has 3 nitrogen and oxygen atoms in total. The summed E-state index contributed by atoms with van der Waals surface area (Å²) in [5.41, 5.74) is -1.64. The summed E-state index contributed by atoms with van der Waals surface area (Å²) in [6, 6.07) is 4.93. The molecular weight excluding hydrogens is 312 g/mol. The third kappa shape index (κ3) is 3.49. The molecule has 1 aromatic heterocycles. The monoisotopic (exact) mass is 318 g/mol. The van der Waals surface area contributed by atoms with Crippen LogP contribution in [-0.2, 0) is 6.18 Å². The van der Waals surface area contributed by atoms with E-state index in [1.165, 1.54) is 6.07 Å². The van der Waals surface area contributed by atoms with Gasteiger partial charge >= 0.3 is 6.18 Å². The number of aromatic nitrogens is 1. The second-order valence-corrected chi connectivity index (χ2v) is 4.40. The molecule has 0 saturated carbocycles. The van der Waals surface area contributed by atoms with E-state index < -0.39 is 29.2 Å². The van der Waals surface area contributed by atoms with Crippen molar-refractivity contribution in [1.82, 2.24) is 4.98 Å². The van der Waals surface area contributed by atoms with Gasteiger partial charge in [0.15, 0.2) is 0 Å². The van der Waals surface area contributed by atoms with Crippen LogP contribution in [0.1, 0.15) is 15.9 Å². The summed E-state index contributed by atoms with van der Waals surface area (Å²) in [6.45, 7) is 0. The number of nitrogens with zero attached hydrogens (tertiary/aromatic N) is 1. The van der Waals surface area contributed by atoms with Crippen LogP contribution in [-0.4, -0.2) is 10.9 Å². The Morgan fingerprint density at radius 3 is 2.57 bits per heavy atom. The molecule has 1 heterocycles. The minimum absolute atomic E-state index is 0.0966. The van der Waals surface area contributed by atoms with Gasteiger partial charge in [-0.3, -0.25) is 4.79 Å². The number of hydrogen-bond acceptors (Lipinski definition) is 2. The van der Waals surface area contributed by atoms with Crippen molar-refractivity contribution in [3.8, 4) is 0 Å². The lowest BCUT2D eigenvalue weighted by Crippen LogP contribution is -2.15. The zero-order chi connectivity index (χ0) is 15.6. The highest BCUT2D eigenvalue weighted by molar-refractivity contribution is 6.34. The number of anilines is 1. The molecule has 0 unspecified atom stereocenters. The van der Waals surface area contributed by atoms with Crippen molar-refractivity contribution in [2.75, 3.05) is 5.32 Å². The summed E-state index contributed by atoms with van der Waals surface area (Å²) >= 11 is 5.73. The van der Waals surface area contributed by atoms with Crippen LogP contribution < -0.4 is 5.32 Å². The molecular formula is C13H7ClF4N2O. The number of carbonyl (C=O) groups excluding carboxylic acids is 1. The zero-order valence-electron chi connectivity index (χ0n) is 10.2. The van der Waals surface area contributed by atoms with Gasteiger partial charge in [0, 0.05) is 6.20 Å². The fourth-order valence-corrected chi connectivity index (χ4v) is 1.71. The van der Waals surface area contributed by atoms with E-state index in [1.54, 1.807) is 0 Å². The van der Waals surface area contributed by atoms with Crippen molar-refractivity contribution in [2.45, 2.75) is 6.18 Å². The van der Waals surface area contributed by atoms with Crippen molar-refractivity contribution in [1.29, 1.82) is 0 Å². The molecule has 0 aliphatic rings. The Morgan fingerprint density at radius 1 is 1.24 bits per heavy atom. The number of nitrogens with one attached hydrogen (secondary N) is 1. The molecule has 2 aromatic rings. The molecule has 0 radical (unpaired) electrons. The molecule has 8 heteroatoms. The maximum atomic E-state index is 13.3. The quantitative estimate of drug-likeness (QED) is 0.668. The van der Waals surface area contributed by atoms with E-state index in [9.17, 15) is 22.4 Å². The molecule has 0 fully saturated rings. The number of hydrogen-bond donors (Lipinski definition) is 1. The van der Waals surface area contributed by atoms with Gasteiger partial charge in [-0.25, -0.2) is 4.98 Å². The van der Waals surface area contributed by atoms with Crippen molar-refractivity contribution in [3.63, 3.8) is 0 Å². The fourth-order valence-electron chi connectivity index (χ4n) is 1.54. The molecule has 0 spiro atoms. The SMILES string of the molecule is O=C(Nc1cc(C(F)(F)F)ccc1Cl)c1cccnc1F. The van der Waals surface area contributed by atoms with Gasteiger partial charge in [-0.15, -0.1) is 0 Å². The predicted molar refractivity (Wildman–Crippen MR) is 68.6 cm³/mol. The topological polar surface area (TPSA) is 42.0 Å². The van der Waals surface area contributed by atoms with Crippen LogP contribution in [0.15, 0.2) is 36.5 Å². The highest BCUT2D eigenvalue weighted by Crippen LogP contribution is 2.33. The number of rotatable bonds is 2. The molecule has 1 N–H and O–H groups in total. The molecule has 21 heavy (non-hydrogen) atoms. The third-order valence-electron chi connectivity index (χ3n) is 2.55. The predicted octanol–water partition coefficient (Wildman–Crippen LogP) is 4.15. The summed E-state index contributed by atoms with van der Waals surface area (Å²) in [7, 11) is 0. The maximum absolute atomic E-state index is 13.3. The molecule has 0 aliphatic heterocycles. The number of alkyl halides is 3. The lowest BCUT2D eigenvalue weighted by Gasteiger charge is -2.11. The van der Waals surface area contributed by atoms with E-state index >= 15 is 0 Å². The number of pyridine rings is 1. The Labute approximate surface area is 121 Å². The van der Waals surface area contributed by atoms with Crippen molar-refractivity contribution < 1.29 is 22.4 Å². The van der Waals surface area contributed by atoms with E-state index in [-0.39, 0.29) is 10.7 Å². The summed E-state index contributed by atoms with van der Waals surface area (Å²) in [5, 5.41) is 2.03. The second kappa shape index (κ2) is 5.69. The van der Waals surface area contributed by atoms with Gasteiger partial charge in [0.05, 0.1) is 21.8 Å². The second-order valence-electron chi connectivity index (χ2n) is 3.99. The lowest BCUT2D eigenvalue weighted by molar-refractivity contribution is -0.137. The Morgan fingerprint density at radius 2 is 1.95 bits per heavy atom. The molecule has 1 aromatic carbocycles. The zero-order valence-corrected chi connectivity index (χ0v) is 11.0. The summed E-state index contributed by atoms with van der Waals surface area (Å²) in [4.78, 5) is 15.1. The van der Waals surface area contributed by atoms with Gasteiger partial charge in [-0.1, -0.05) is 11.6 Å². The Hall–Kier alpha value is -2.15. The van der Waals surface area contributed by atoms with Crippen LogP contribution in [0.4, 0.5) is 23.2 Å². The standard InChI is InChI=1S/C13H7ClF4N2O/c14-9-4-3-7(13(16,17)18)6-10(9)20-12(21)8-2-1-5-19-11(8)15/h1-6H,(H,20,21). The normalized spacial score (nSPS) is 11.3. The van der Waals surface area contributed by atoms with Crippen LogP contribution in [0.3, 0.4) is 0 Å². The van der Waals surface area contributed by atoms with E-state index in [1.807, 2.05) is 0 Å². The van der Waals surface area contributed by atoms with Crippen molar-refractivity contribution in [3.05, 3.63) is 58.6 Å². The minimum Gasteiger partial charge on any atom is -0.320 e. The summed E-state index contributed by atoms with van der Waals surface area (Å²) in [6.07, 6.45) is -3.44. The lowest BCUT2D eigenvalue weighted by atomic mass is 10.2. The first-order chi connectivity index (χ1) is 9.79. The van der Waals surface area contributed by atoms with Crippen LogP contribution >= 0.6 is 11.6 Å². The van der Waals surface area contributed by atoms with Gasteiger partial charge in [0.2, 0.25) is 5.95 Å². The Kier molecular flexibility index (Phi) is 4.13. The van der Waals surface area contributed by atoms with Crippen LogP contribution in [0.5, 0.6) is 0 Å².